The molecule has 1 fully saturated rings. The highest BCUT2D eigenvalue weighted by atomic mass is 16.5. The first-order valence-corrected chi connectivity index (χ1v) is 9.88. The highest BCUT2D eigenvalue weighted by Gasteiger charge is 2.21. The third-order valence-corrected chi connectivity index (χ3v) is 5.15. The number of morpholine rings is 1. The Morgan fingerprint density at radius 1 is 1.10 bits per heavy atom. The van der Waals surface area contributed by atoms with E-state index in [1.807, 2.05) is 34.9 Å². The molecule has 4 rings (SSSR count). The maximum atomic E-state index is 12.8. The van der Waals surface area contributed by atoms with Crippen LogP contribution < -0.4 is 10.1 Å². The van der Waals surface area contributed by atoms with E-state index in [1.165, 1.54) is 7.11 Å². The number of hydrogen-bond acceptors (Lipinski definition) is 5. The van der Waals surface area contributed by atoms with E-state index in [-0.39, 0.29) is 24.9 Å². The number of imidazole rings is 1. The first kappa shape index (κ1) is 19.9. The quantitative estimate of drug-likeness (QED) is 0.673. The molecule has 156 valence electrons. The fraction of sp³-hybridized carbons (Fsp3) is 0.318. The van der Waals surface area contributed by atoms with Crippen LogP contribution in [0.25, 0.3) is 11.0 Å². The number of rotatable bonds is 6. The predicted molar refractivity (Wildman–Crippen MR) is 111 cm³/mol. The summed E-state index contributed by atoms with van der Waals surface area (Å²) < 4.78 is 12.5. The third kappa shape index (κ3) is 4.13. The van der Waals surface area contributed by atoms with Crippen LogP contribution in [0.3, 0.4) is 0 Å². The molecule has 0 spiro atoms. The SMILES string of the molecule is COc1ccccc1C(=O)NCc1nc2ccccc2n1CC(=O)N1CCOCC1. The number of aromatic nitrogens is 2. The van der Waals surface area contributed by atoms with Crippen LogP contribution in [-0.4, -0.2) is 59.7 Å². The molecule has 1 aliphatic heterocycles. The fourth-order valence-corrected chi connectivity index (χ4v) is 3.57. The number of methoxy groups -OCH3 is 1. The van der Waals surface area contributed by atoms with E-state index in [0.717, 1.165) is 11.0 Å². The molecule has 0 atom stereocenters. The molecule has 1 aromatic heterocycles. The first-order valence-electron chi connectivity index (χ1n) is 9.88. The maximum absolute atomic E-state index is 12.8. The summed E-state index contributed by atoms with van der Waals surface area (Å²) in [4.78, 5) is 31.9. The van der Waals surface area contributed by atoms with Gasteiger partial charge in [0.1, 0.15) is 18.1 Å². The molecule has 8 heteroatoms. The highest BCUT2D eigenvalue weighted by molar-refractivity contribution is 5.96. The molecule has 0 saturated carbocycles. The van der Waals surface area contributed by atoms with Crippen molar-refractivity contribution in [3.63, 3.8) is 0 Å². The van der Waals surface area contributed by atoms with E-state index in [4.69, 9.17) is 9.47 Å². The standard InChI is InChI=1S/C22H24N4O4/c1-29-19-9-5-2-6-16(19)22(28)23-14-20-24-17-7-3-4-8-18(17)26(20)15-21(27)25-10-12-30-13-11-25/h2-9H,10-15H2,1H3,(H,23,28). The Kier molecular flexibility index (Phi) is 5.94. The number of hydrogen-bond donors (Lipinski definition) is 1. The lowest BCUT2D eigenvalue weighted by Gasteiger charge is -2.27. The minimum atomic E-state index is -0.259. The van der Waals surface area contributed by atoms with Crippen LogP contribution >= 0.6 is 0 Å². The Hall–Kier alpha value is -3.39. The first-order chi connectivity index (χ1) is 14.7. The maximum Gasteiger partial charge on any atom is 0.255 e. The van der Waals surface area contributed by atoms with Crippen molar-refractivity contribution in [1.29, 1.82) is 0 Å². The molecule has 1 saturated heterocycles. The zero-order valence-corrected chi connectivity index (χ0v) is 16.8. The zero-order chi connectivity index (χ0) is 20.9. The minimum absolute atomic E-state index is 0.0127. The van der Waals surface area contributed by atoms with Gasteiger partial charge < -0.3 is 24.3 Å². The molecule has 8 nitrogen and oxygen atoms in total. The molecule has 3 aromatic rings. The Balaban J connectivity index is 1.55. The summed E-state index contributed by atoms with van der Waals surface area (Å²) in [5.41, 5.74) is 2.10. The number of nitrogens with zero attached hydrogens (tertiary/aromatic N) is 3. The lowest BCUT2D eigenvalue weighted by atomic mass is 10.2. The molecule has 2 aromatic carbocycles. The second kappa shape index (κ2) is 8.96. The summed E-state index contributed by atoms with van der Waals surface area (Å²) in [5.74, 6) is 0.886. The van der Waals surface area contributed by atoms with Gasteiger partial charge in [-0.1, -0.05) is 24.3 Å². The van der Waals surface area contributed by atoms with E-state index in [0.29, 0.717) is 43.4 Å². The van der Waals surface area contributed by atoms with Gasteiger partial charge in [0.2, 0.25) is 5.91 Å². The number of fused-ring (bicyclic) bond motifs is 1. The van der Waals surface area contributed by atoms with Crippen LogP contribution in [0.2, 0.25) is 0 Å². The van der Waals surface area contributed by atoms with Gasteiger partial charge in [0, 0.05) is 13.1 Å². The van der Waals surface area contributed by atoms with Crippen molar-refractivity contribution in [3.8, 4) is 5.75 Å². The van der Waals surface area contributed by atoms with Crippen LogP contribution in [0, 0.1) is 0 Å². The van der Waals surface area contributed by atoms with E-state index >= 15 is 0 Å². The van der Waals surface area contributed by atoms with Crippen molar-refractivity contribution in [1.82, 2.24) is 19.8 Å². The monoisotopic (exact) mass is 408 g/mol. The minimum Gasteiger partial charge on any atom is -0.496 e. The summed E-state index contributed by atoms with van der Waals surface area (Å²) in [5, 5.41) is 2.90. The lowest BCUT2D eigenvalue weighted by Crippen LogP contribution is -2.42. The average Bonchev–Trinajstić information content (AvgIpc) is 3.15. The molecule has 0 radical (unpaired) electrons. The molecule has 30 heavy (non-hydrogen) atoms. The van der Waals surface area contributed by atoms with E-state index < -0.39 is 0 Å². The van der Waals surface area contributed by atoms with Crippen molar-refractivity contribution < 1.29 is 19.1 Å². The molecular weight excluding hydrogens is 384 g/mol. The molecule has 2 amide bonds. The van der Waals surface area contributed by atoms with Gasteiger partial charge in [-0.25, -0.2) is 4.98 Å². The molecule has 2 heterocycles. The summed E-state index contributed by atoms with van der Waals surface area (Å²) in [7, 11) is 1.53. The van der Waals surface area contributed by atoms with Crippen LogP contribution in [-0.2, 0) is 22.6 Å². The fourth-order valence-electron chi connectivity index (χ4n) is 3.57. The lowest BCUT2D eigenvalue weighted by molar-refractivity contribution is -0.135. The van der Waals surface area contributed by atoms with Crippen LogP contribution in [0.4, 0.5) is 0 Å². The summed E-state index contributed by atoms with van der Waals surface area (Å²) >= 11 is 0. The molecule has 1 aliphatic rings. The Morgan fingerprint density at radius 2 is 1.83 bits per heavy atom. The second-order valence-corrected chi connectivity index (χ2v) is 6.98. The Bertz CT molecular complexity index is 1060. The number of ether oxygens (including phenoxy) is 2. The predicted octanol–water partition coefficient (Wildman–Crippen LogP) is 1.83. The van der Waals surface area contributed by atoms with Crippen LogP contribution in [0.15, 0.2) is 48.5 Å². The molecule has 0 unspecified atom stereocenters. The van der Waals surface area contributed by atoms with E-state index in [1.54, 1.807) is 23.1 Å². The van der Waals surface area contributed by atoms with Gasteiger partial charge in [-0.3, -0.25) is 9.59 Å². The number of carbonyl (C=O) groups excluding carboxylic acids is 2. The topological polar surface area (TPSA) is 85.7 Å². The van der Waals surface area contributed by atoms with Crippen molar-refractivity contribution in [2.24, 2.45) is 0 Å². The van der Waals surface area contributed by atoms with Gasteiger partial charge in [-0.05, 0) is 24.3 Å². The smallest absolute Gasteiger partial charge is 0.255 e. The summed E-state index contributed by atoms with van der Waals surface area (Å²) in [6, 6.07) is 14.7. The number of nitrogens with one attached hydrogen (secondary N) is 1. The summed E-state index contributed by atoms with van der Waals surface area (Å²) in [6.45, 7) is 2.65. The van der Waals surface area contributed by atoms with Crippen LogP contribution in [0.5, 0.6) is 5.75 Å². The number of benzene rings is 2. The highest BCUT2D eigenvalue weighted by Crippen LogP contribution is 2.19. The van der Waals surface area contributed by atoms with Crippen molar-refractivity contribution >= 4 is 22.8 Å². The second-order valence-electron chi connectivity index (χ2n) is 6.98. The van der Waals surface area contributed by atoms with E-state index in [9.17, 15) is 9.59 Å². The Morgan fingerprint density at radius 3 is 2.63 bits per heavy atom. The molecule has 1 N–H and O–H groups in total. The third-order valence-electron chi connectivity index (χ3n) is 5.15. The normalized spacial score (nSPS) is 14.0. The van der Waals surface area contributed by atoms with Gasteiger partial charge in [0.05, 0.1) is 43.5 Å². The number of carbonyl (C=O) groups is 2. The van der Waals surface area contributed by atoms with Gasteiger partial charge in [-0.2, -0.15) is 0 Å². The average molecular weight is 408 g/mol. The van der Waals surface area contributed by atoms with Gasteiger partial charge in [0.25, 0.3) is 5.91 Å². The van der Waals surface area contributed by atoms with E-state index in [2.05, 4.69) is 10.3 Å². The van der Waals surface area contributed by atoms with Crippen molar-refractivity contribution in [2.75, 3.05) is 33.4 Å². The van der Waals surface area contributed by atoms with Crippen molar-refractivity contribution in [2.45, 2.75) is 13.1 Å². The molecular formula is C22H24N4O4. The van der Waals surface area contributed by atoms with Crippen LogP contribution in [0.1, 0.15) is 16.2 Å². The van der Waals surface area contributed by atoms with Gasteiger partial charge >= 0.3 is 0 Å². The Labute approximate surface area is 174 Å². The molecule has 0 bridgehead atoms. The van der Waals surface area contributed by atoms with Crippen molar-refractivity contribution in [3.05, 3.63) is 59.9 Å². The molecule has 0 aliphatic carbocycles. The number of para-hydroxylation sites is 3. The largest absolute Gasteiger partial charge is 0.496 e. The number of amides is 2. The summed E-state index contributed by atoms with van der Waals surface area (Å²) in [6.07, 6.45) is 0. The zero-order valence-electron chi connectivity index (χ0n) is 16.8. The van der Waals surface area contributed by atoms with Gasteiger partial charge in [-0.15, -0.1) is 0 Å². The van der Waals surface area contributed by atoms with Gasteiger partial charge in [0.15, 0.2) is 0 Å².